The maximum Gasteiger partial charge on any atom is 0.319 e. The number of carbonyl (C=O) groups excluding carboxylic acids is 1. The van der Waals surface area contributed by atoms with Crippen LogP contribution in [-0.4, -0.2) is 31.3 Å². The third-order valence-corrected chi connectivity index (χ3v) is 3.46. The van der Waals surface area contributed by atoms with E-state index in [1.165, 1.54) is 0 Å². The van der Waals surface area contributed by atoms with E-state index in [-0.39, 0.29) is 6.03 Å². The fourth-order valence-electron chi connectivity index (χ4n) is 2.07. The SMILES string of the molecule is COCCCCNC(=O)Nc1cccc(-c2nc(C)c(C)o2)c1. The molecule has 1 aromatic carbocycles. The first kappa shape index (κ1) is 17.0. The summed E-state index contributed by atoms with van der Waals surface area (Å²) in [4.78, 5) is 16.2. The minimum Gasteiger partial charge on any atom is -0.441 e. The summed E-state index contributed by atoms with van der Waals surface area (Å²) in [6.07, 6.45) is 1.81. The molecule has 0 unspecified atom stereocenters. The molecule has 0 aliphatic heterocycles. The van der Waals surface area contributed by atoms with E-state index in [9.17, 15) is 4.79 Å². The lowest BCUT2D eigenvalue weighted by atomic mass is 10.2. The topological polar surface area (TPSA) is 76.4 Å². The van der Waals surface area contributed by atoms with Gasteiger partial charge in [-0.05, 0) is 44.9 Å². The van der Waals surface area contributed by atoms with Crippen molar-refractivity contribution in [2.45, 2.75) is 26.7 Å². The standard InChI is InChI=1S/C17H23N3O3/c1-12-13(2)23-16(19-12)14-7-6-8-15(11-14)20-17(21)18-9-4-5-10-22-3/h6-8,11H,4-5,9-10H2,1-3H3,(H2,18,20,21). The van der Waals surface area contributed by atoms with Crippen molar-refractivity contribution in [3.8, 4) is 11.5 Å². The van der Waals surface area contributed by atoms with Crippen molar-refractivity contribution in [2.75, 3.05) is 25.6 Å². The van der Waals surface area contributed by atoms with Gasteiger partial charge in [0.25, 0.3) is 0 Å². The van der Waals surface area contributed by atoms with Crippen molar-refractivity contribution in [3.63, 3.8) is 0 Å². The third kappa shape index (κ3) is 5.10. The van der Waals surface area contributed by atoms with Crippen LogP contribution >= 0.6 is 0 Å². The summed E-state index contributed by atoms with van der Waals surface area (Å²) >= 11 is 0. The van der Waals surface area contributed by atoms with Gasteiger partial charge in [0.05, 0.1) is 5.69 Å². The molecule has 1 heterocycles. The first-order valence-electron chi connectivity index (χ1n) is 7.68. The van der Waals surface area contributed by atoms with E-state index >= 15 is 0 Å². The fourth-order valence-corrected chi connectivity index (χ4v) is 2.07. The van der Waals surface area contributed by atoms with Gasteiger partial charge in [-0.3, -0.25) is 0 Å². The van der Waals surface area contributed by atoms with Crippen LogP contribution in [0.4, 0.5) is 10.5 Å². The van der Waals surface area contributed by atoms with Crippen molar-refractivity contribution in [2.24, 2.45) is 0 Å². The van der Waals surface area contributed by atoms with Crippen molar-refractivity contribution >= 4 is 11.7 Å². The number of hydrogen-bond acceptors (Lipinski definition) is 4. The molecule has 0 fully saturated rings. The van der Waals surface area contributed by atoms with Crippen LogP contribution in [0.5, 0.6) is 0 Å². The number of rotatable bonds is 7. The molecule has 2 aromatic rings. The van der Waals surface area contributed by atoms with Gasteiger partial charge in [-0.25, -0.2) is 9.78 Å². The van der Waals surface area contributed by atoms with Crippen molar-refractivity contribution in [3.05, 3.63) is 35.7 Å². The van der Waals surface area contributed by atoms with Gasteiger partial charge < -0.3 is 19.8 Å². The van der Waals surface area contributed by atoms with Crippen LogP contribution < -0.4 is 10.6 Å². The van der Waals surface area contributed by atoms with Crippen LogP contribution in [-0.2, 0) is 4.74 Å². The van der Waals surface area contributed by atoms with E-state index in [4.69, 9.17) is 9.15 Å². The Morgan fingerprint density at radius 1 is 1.30 bits per heavy atom. The van der Waals surface area contributed by atoms with E-state index in [0.717, 1.165) is 29.9 Å². The van der Waals surface area contributed by atoms with Gasteiger partial charge in [-0.15, -0.1) is 0 Å². The summed E-state index contributed by atoms with van der Waals surface area (Å²) in [5.74, 6) is 1.36. The summed E-state index contributed by atoms with van der Waals surface area (Å²) in [5.41, 5.74) is 2.40. The second kappa shape index (κ2) is 8.33. The highest BCUT2D eigenvalue weighted by molar-refractivity contribution is 5.89. The maximum absolute atomic E-state index is 11.9. The molecule has 6 heteroatoms. The third-order valence-electron chi connectivity index (χ3n) is 3.46. The fraction of sp³-hybridized carbons (Fsp3) is 0.412. The molecule has 2 N–H and O–H groups in total. The molecule has 0 aliphatic rings. The summed E-state index contributed by atoms with van der Waals surface area (Å²) < 4.78 is 10.6. The molecule has 0 saturated heterocycles. The number of aromatic nitrogens is 1. The number of nitrogens with one attached hydrogen (secondary N) is 2. The second-order valence-corrected chi connectivity index (χ2v) is 5.32. The number of unbranched alkanes of at least 4 members (excludes halogenated alkanes) is 1. The van der Waals surface area contributed by atoms with Crippen LogP contribution in [0.2, 0.25) is 0 Å². The van der Waals surface area contributed by atoms with Crippen LogP contribution in [0.1, 0.15) is 24.3 Å². The molecule has 2 rings (SSSR count). The Hall–Kier alpha value is -2.34. The molecule has 0 bridgehead atoms. The van der Waals surface area contributed by atoms with Crippen molar-refractivity contribution in [1.82, 2.24) is 10.3 Å². The summed E-state index contributed by atoms with van der Waals surface area (Å²) in [6, 6.07) is 7.21. The van der Waals surface area contributed by atoms with Crippen LogP contribution in [0, 0.1) is 13.8 Å². The van der Waals surface area contributed by atoms with Gasteiger partial charge in [-0.2, -0.15) is 0 Å². The number of amides is 2. The minimum atomic E-state index is -0.223. The monoisotopic (exact) mass is 317 g/mol. The first-order valence-corrected chi connectivity index (χ1v) is 7.68. The van der Waals surface area contributed by atoms with Crippen LogP contribution in [0.3, 0.4) is 0 Å². The Morgan fingerprint density at radius 2 is 2.13 bits per heavy atom. The Balaban J connectivity index is 1.91. The highest BCUT2D eigenvalue weighted by atomic mass is 16.5. The zero-order chi connectivity index (χ0) is 16.7. The smallest absolute Gasteiger partial charge is 0.319 e. The number of oxazole rings is 1. The molecule has 23 heavy (non-hydrogen) atoms. The number of anilines is 1. The van der Waals surface area contributed by atoms with E-state index in [1.54, 1.807) is 7.11 Å². The lowest BCUT2D eigenvalue weighted by Crippen LogP contribution is -2.29. The molecular formula is C17H23N3O3. The van der Waals surface area contributed by atoms with E-state index in [2.05, 4.69) is 15.6 Å². The Bertz CT molecular complexity index is 633. The lowest BCUT2D eigenvalue weighted by Gasteiger charge is -2.08. The van der Waals surface area contributed by atoms with Gasteiger partial charge in [0.15, 0.2) is 0 Å². The molecular weight excluding hydrogens is 294 g/mol. The predicted octanol–water partition coefficient (Wildman–Crippen LogP) is 3.51. The molecule has 6 nitrogen and oxygen atoms in total. The molecule has 124 valence electrons. The minimum absolute atomic E-state index is 0.223. The zero-order valence-corrected chi connectivity index (χ0v) is 13.8. The van der Waals surface area contributed by atoms with Crippen LogP contribution in [0.15, 0.2) is 28.7 Å². The normalized spacial score (nSPS) is 10.6. The highest BCUT2D eigenvalue weighted by Gasteiger charge is 2.09. The van der Waals surface area contributed by atoms with Gasteiger partial charge in [0.2, 0.25) is 5.89 Å². The number of carbonyl (C=O) groups is 1. The number of hydrogen-bond donors (Lipinski definition) is 2. The summed E-state index contributed by atoms with van der Waals surface area (Å²) in [6.45, 7) is 5.11. The molecule has 0 saturated carbocycles. The molecule has 0 atom stereocenters. The number of aryl methyl sites for hydroxylation is 2. The van der Waals surface area contributed by atoms with Crippen molar-refractivity contribution in [1.29, 1.82) is 0 Å². The maximum atomic E-state index is 11.9. The zero-order valence-electron chi connectivity index (χ0n) is 13.8. The van der Waals surface area contributed by atoms with E-state index in [0.29, 0.717) is 24.7 Å². The van der Waals surface area contributed by atoms with Gasteiger partial charge in [-0.1, -0.05) is 6.07 Å². The first-order chi connectivity index (χ1) is 11.1. The predicted molar refractivity (Wildman–Crippen MR) is 89.5 cm³/mol. The summed E-state index contributed by atoms with van der Waals surface area (Å²) in [7, 11) is 1.67. The molecule has 1 aromatic heterocycles. The molecule has 0 aliphatic carbocycles. The average molecular weight is 317 g/mol. The lowest BCUT2D eigenvalue weighted by molar-refractivity contribution is 0.192. The number of nitrogens with zero attached hydrogens (tertiary/aromatic N) is 1. The van der Waals surface area contributed by atoms with Gasteiger partial charge in [0, 0.05) is 31.5 Å². The average Bonchev–Trinajstić information content (AvgIpc) is 2.87. The number of urea groups is 1. The highest BCUT2D eigenvalue weighted by Crippen LogP contribution is 2.23. The Kier molecular flexibility index (Phi) is 6.17. The summed E-state index contributed by atoms with van der Waals surface area (Å²) in [5, 5.41) is 5.63. The van der Waals surface area contributed by atoms with E-state index in [1.807, 2.05) is 38.1 Å². The van der Waals surface area contributed by atoms with Gasteiger partial charge >= 0.3 is 6.03 Å². The molecule has 0 spiro atoms. The second-order valence-electron chi connectivity index (χ2n) is 5.32. The van der Waals surface area contributed by atoms with Gasteiger partial charge in [0.1, 0.15) is 5.76 Å². The van der Waals surface area contributed by atoms with Crippen LogP contribution in [0.25, 0.3) is 11.5 Å². The number of ether oxygens (including phenoxy) is 1. The molecule has 2 amide bonds. The quantitative estimate of drug-likeness (QED) is 0.766. The Labute approximate surface area is 136 Å². The van der Waals surface area contributed by atoms with E-state index < -0.39 is 0 Å². The molecule has 0 radical (unpaired) electrons. The van der Waals surface area contributed by atoms with Crippen molar-refractivity contribution < 1.29 is 13.9 Å². The number of benzene rings is 1. The Morgan fingerprint density at radius 3 is 2.83 bits per heavy atom. The largest absolute Gasteiger partial charge is 0.441 e. The number of methoxy groups -OCH3 is 1.